The molecule has 0 unspecified atom stereocenters. The van der Waals surface area contributed by atoms with Crippen LogP contribution in [-0.4, -0.2) is 61.0 Å². The number of likely N-dealkylation sites (N-methyl/N-ethyl adjacent to an activating group) is 1. The molecule has 10 nitrogen and oxygen atoms in total. The van der Waals surface area contributed by atoms with Gasteiger partial charge >= 0.3 is 5.97 Å². The molecule has 0 fully saturated rings. The van der Waals surface area contributed by atoms with Gasteiger partial charge in [-0.25, -0.2) is 14.2 Å². The zero-order valence-electron chi connectivity index (χ0n) is 20.8. The van der Waals surface area contributed by atoms with E-state index in [1.165, 1.54) is 30.3 Å². The fourth-order valence-electron chi connectivity index (χ4n) is 3.87. The highest BCUT2D eigenvalue weighted by Crippen LogP contribution is 2.32. The van der Waals surface area contributed by atoms with E-state index in [-0.39, 0.29) is 29.5 Å². The molecule has 1 aromatic heterocycles. The highest BCUT2D eigenvalue weighted by molar-refractivity contribution is 6.09. The number of nitrogens with zero attached hydrogens (tertiary/aromatic N) is 2. The first-order valence-corrected chi connectivity index (χ1v) is 11.5. The molecule has 3 amide bonds. The third-order valence-electron chi connectivity index (χ3n) is 6.07. The molecule has 1 aliphatic rings. The Kier molecular flexibility index (Phi) is 8.36. The Balaban J connectivity index is 1.90. The first-order chi connectivity index (χ1) is 17.1. The number of esters is 1. The summed E-state index contributed by atoms with van der Waals surface area (Å²) in [4.78, 5) is 56.8. The predicted octanol–water partition coefficient (Wildman–Crippen LogP) is 1.65. The lowest BCUT2D eigenvalue weighted by Gasteiger charge is -2.31. The molecule has 0 spiro atoms. The van der Waals surface area contributed by atoms with Crippen molar-refractivity contribution in [1.29, 1.82) is 0 Å². The minimum Gasteiger partial charge on any atom is -0.465 e. The maximum absolute atomic E-state index is 14.6. The highest BCUT2D eigenvalue weighted by Gasteiger charge is 2.43. The monoisotopic (exact) mass is 499 g/mol. The fraction of sp³-hybridized carbons (Fsp3) is 0.400. The van der Waals surface area contributed by atoms with Crippen molar-refractivity contribution in [3.63, 3.8) is 0 Å². The summed E-state index contributed by atoms with van der Waals surface area (Å²) < 4.78 is 19.2. The quantitative estimate of drug-likeness (QED) is 0.471. The second kappa shape index (κ2) is 11.3. The second-order valence-corrected chi connectivity index (χ2v) is 8.83. The number of nitrogens with one attached hydrogen (secondary N) is 3. The molecular formula is C25H30FN5O5. The zero-order valence-corrected chi connectivity index (χ0v) is 20.8. The minimum atomic E-state index is -1.03. The van der Waals surface area contributed by atoms with E-state index in [1.807, 2.05) is 0 Å². The Morgan fingerprint density at radius 3 is 2.50 bits per heavy atom. The number of ether oxygens (including phenoxy) is 1. The molecular weight excluding hydrogens is 469 g/mol. The Hall–Kier alpha value is -3.86. The van der Waals surface area contributed by atoms with E-state index in [4.69, 9.17) is 0 Å². The van der Waals surface area contributed by atoms with Crippen LogP contribution < -0.4 is 20.9 Å². The van der Waals surface area contributed by atoms with Crippen LogP contribution in [0.4, 0.5) is 15.9 Å². The first kappa shape index (κ1) is 26.7. The Morgan fingerprint density at radius 1 is 1.17 bits per heavy atom. The van der Waals surface area contributed by atoms with Gasteiger partial charge in [0.05, 0.1) is 24.4 Å². The normalized spacial score (nSPS) is 16.2. The molecule has 2 aromatic rings. The van der Waals surface area contributed by atoms with Gasteiger partial charge < -0.3 is 20.7 Å². The van der Waals surface area contributed by atoms with Gasteiger partial charge in [-0.05, 0) is 49.7 Å². The van der Waals surface area contributed by atoms with Crippen molar-refractivity contribution in [2.75, 3.05) is 24.4 Å². The van der Waals surface area contributed by atoms with Gasteiger partial charge in [0.25, 0.3) is 5.91 Å². The molecule has 3 atom stereocenters. The van der Waals surface area contributed by atoms with E-state index in [0.29, 0.717) is 11.4 Å². The summed E-state index contributed by atoms with van der Waals surface area (Å²) in [6, 6.07) is 4.51. The summed E-state index contributed by atoms with van der Waals surface area (Å²) in [5.74, 6) is -3.01. The van der Waals surface area contributed by atoms with Crippen LogP contribution in [0.25, 0.3) is 0 Å². The lowest BCUT2D eigenvalue weighted by atomic mass is 10.0. The Bertz CT molecular complexity index is 1170. The van der Waals surface area contributed by atoms with Gasteiger partial charge in [-0.2, -0.15) is 0 Å². The molecule has 0 saturated heterocycles. The summed E-state index contributed by atoms with van der Waals surface area (Å²) in [6.07, 6.45) is 1.67. The van der Waals surface area contributed by atoms with Crippen LogP contribution >= 0.6 is 0 Å². The zero-order chi connectivity index (χ0) is 26.6. The molecule has 3 rings (SSSR count). The number of amides is 3. The average Bonchev–Trinajstić information content (AvgIpc) is 3.26. The van der Waals surface area contributed by atoms with E-state index in [9.17, 15) is 23.6 Å². The first-order valence-electron chi connectivity index (χ1n) is 11.5. The molecule has 0 radical (unpaired) electrons. The molecule has 2 heterocycles. The number of benzene rings is 1. The Morgan fingerprint density at radius 2 is 1.89 bits per heavy atom. The summed E-state index contributed by atoms with van der Waals surface area (Å²) in [7, 11) is 2.81. The average molecular weight is 500 g/mol. The third-order valence-corrected chi connectivity index (χ3v) is 6.07. The van der Waals surface area contributed by atoms with Crippen molar-refractivity contribution in [3.8, 4) is 0 Å². The number of anilines is 2. The fourth-order valence-corrected chi connectivity index (χ4v) is 3.87. The van der Waals surface area contributed by atoms with Crippen LogP contribution in [-0.2, 0) is 25.5 Å². The van der Waals surface area contributed by atoms with Crippen molar-refractivity contribution >= 4 is 35.2 Å². The maximum Gasteiger partial charge on any atom is 0.337 e. The second-order valence-electron chi connectivity index (χ2n) is 8.83. The summed E-state index contributed by atoms with van der Waals surface area (Å²) in [6.45, 7) is 5.24. The minimum absolute atomic E-state index is 0.00594. The number of carbonyl (C=O) groups is 4. The van der Waals surface area contributed by atoms with Gasteiger partial charge in [-0.3, -0.25) is 19.3 Å². The number of rotatable bonds is 8. The van der Waals surface area contributed by atoms with Crippen molar-refractivity contribution in [1.82, 2.24) is 15.6 Å². The molecule has 192 valence electrons. The molecule has 11 heteroatoms. The maximum atomic E-state index is 14.6. The van der Waals surface area contributed by atoms with Gasteiger partial charge in [0.15, 0.2) is 0 Å². The number of carbonyl (C=O) groups excluding carboxylic acids is 4. The number of hydrogen-bond acceptors (Lipinski definition) is 7. The summed E-state index contributed by atoms with van der Waals surface area (Å²) >= 11 is 0. The number of fused-ring (bicyclic) bond motifs is 1. The van der Waals surface area contributed by atoms with Crippen LogP contribution in [0.15, 0.2) is 36.5 Å². The Labute approximate surface area is 208 Å². The van der Waals surface area contributed by atoms with Crippen molar-refractivity contribution in [3.05, 3.63) is 53.5 Å². The van der Waals surface area contributed by atoms with E-state index in [0.717, 1.165) is 6.07 Å². The summed E-state index contributed by atoms with van der Waals surface area (Å²) in [5, 5.41) is 8.10. The number of methoxy groups -OCH3 is 1. The molecule has 0 saturated carbocycles. The van der Waals surface area contributed by atoms with E-state index >= 15 is 0 Å². The summed E-state index contributed by atoms with van der Waals surface area (Å²) in [5.41, 5.74) is 0.513. The lowest BCUT2D eigenvalue weighted by Crippen LogP contribution is -2.57. The third kappa shape index (κ3) is 5.51. The van der Waals surface area contributed by atoms with E-state index in [1.54, 1.807) is 40.0 Å². The van der Waals surface area contributed by atoms with Crippen LogP contribution in [0, 0.1) is 11.7 Å². The molecule has 0 bridgehead atoms. The molecule has 1 aromatic carbocycles. The van der Waals surface area contributed by atoms with Gasteiger partial charge in [0, 0.05) is 12.6 Å². The smallest absolute Gasteiger partial charge is 0.337 e. The topological polar surface area (TPSA) is 130 Å². The number of aromatic nitrogens is 1. The van der Waals surface area contributed by atoms with Crippen LogP contribution in [0.2, 0.25) is 0 Å². The predicted molar refractivity (Wildman–Crippen MR) is 131 cm³/mol. The van der Waals surface area contributed by atoms with Gasteiger partial charge in [0.2, 0.25) is 11.8 Å². The molecule has 36 heavy (non-hydrogen) atoms. The van der Waals surface area contributed by atoms with Gasteiger partial charge in [0.1, 0.15) is 23.7 Å². The number of pyridine rings is 1. The molecule has 0 aliphatic carbocycles. The van der Waals surface area contributed by atoms with Crippen molar-refractivity contribution < 1.29 is 28.3 Å². The van der Waals surface area contributed by atoms with E-state index in [2.05, 4.69) is 25.7 Å². The van der Waals surface area contributed by atoms with Crippen molar-refractivity contribution in [2.45, 2.75) is 45.3 Å². The van der Waals surface area contributed by atoms with Crippen LogP contribution in [0.5, 0.6) is 0 Å². The number of hydrogen-bond donors (Lipinski definition) is 3. The highest BCUT2D eigenvalue weighted by atomic mass is 19.1. The van der Waals surface area contributed by atoms with Crippen molar-refractivity contribution in [2.24, 2.45) is 5.92 Å². The van der Waals surface area contributed by atoms with E-state index < -0.39 is 41.7 Å². The molecule has 3 N–H and O–H groups in total. The lowest BCUT2D eigenvalue weighted by molar-refractivity contribution is -0.130. The van der Waals surface area contributed by atoms with Gasteiger partial charge in [-0.1, -0.05) is 19.9 Å². The molecule has 1 aliphatic heterocycles. The largest absolute Gasteiger partial charge is 0.465 e. The van der Waals surface area contributed by atoms with Crippen LogP contribution in [0.1, 0.15) is 36.7 Å². The number of halogens is 1. The van der Waals surface area contributed by atoms with Gasteiger partial charge in [-0.15, -0.1) is 0 Å². The SMILES string of the molecule is CN[C@@H](C)C(=O)N[C@H](C(=O)N1c2ncccc2C[C@H]1C(=O)Nc1ccc(C(=O)OC)cc1F)C(C)C. The standard InChI is InChI=1S/C25H30FN5O5/c1-13(2)20(30-22(32)14(3)27-4)24(34)31-19(12-15-7-6-10-28-21(15)31)23(33)29-18-9-8-16(11-17(18)26)25(35)36-5/h6-11,13-14,19-20,27H,12H2,1-5H3,(H,29,33)(H,30,32)/t14-,19-,20-/m0/s1. The van der Waals surface area contributed by atoms with Crippen LogP contribution in [0.3, 0.4) is 0 Å².